The average molecular weight is 361 g/mol. The summed E-state index contributed by atoms with van der Waals surface area (Å²) in [4.78, 5) is 15.5. The van der Waals surface area contributed by atoms with E-state index in [1.54, 1.807) is 12.1 Å². The van der Waals surface area contributed by atoms with Gasteiger partial charge >= 0.3 is 0 Å². The number of phenols is 1. The first-order chi connectivity index (χ1) is 12.1. The van der Waals surface area contributed by atoms with E-state index < -0.39 is 4.92 Å². The minimum atomic E-state index is -0.545. The normalized spacial score (nSPS) is 9.84. The molecule has 3 aromatic rings. The summed E-state index contributed by atoms with van der Waals surface area (Å²) in [6.07, 6.45) is 1.43. The Balaban J connectivity index is 0.00000109. The lowest BCUT2D eigenvalue weighted by molar-refractivity contribution is -0.384. The molecular weight excluding hydrogens is 346 g/mol. The molecule has 0 radical (unpaired) electrons. The van der Waals surface area contributed by atoms with Crippen molar-refractivity contribution in [2.75, 3.05) is 12.4 Å². The van der Waals surface area contributed by atoms with Crippen LogP contribution in [0.15, 0.2) is 58.8 Å². The Morgan fingerprint density at radius 2 is 1.92 bits per heavy atom. The number of hydrogen-bond acceptors (Lipinski definition) is 8. The molecule has 0 aliphatic carbocycles. The molecule has 10 heteroatoms. The Labute approximate surface area is 146 Å². The molecule has 4 N–H and O–H groups in total. The maximum Gasteiger partial charge on any atom is 0.296 e. The van der Waals surface area contributed by atoms with Crippen LogP contribution in [0.25, 0.3) is 0 Å². The van der Waals surface area contributed by atoms with E-state index in [0.717, 1.165) is 18.1 Å². The fourth-order valence-electron chi connectivity index (χ4n) is 1.89. The van der Waals surface area contributed by atoms with Crippen LogP contribution in [0.5, 0.6) is 5.75 Å². The summed E-state index contributed by atoms with van der Waals surface area (Å²) in [5.74, 6) is -0.152. The van der Waals surface area contributed by atoms with Gasteiger partial charge in [-0.3, -0.25) is 15.2 Å². The molecule has 0 spiro atoms. The lowest BCUT2D eigenvalue weighted by atomic mass is 10.2. The second-order valence-corrected chi connectivity index (χ2v) is 5.56. The number of anilines is 2. The third kappa shape index (κ3) is 4.93. The number of aromatic nitrogens is 3. The zero-order valence-electron chi connectivity index (χ0n) is 13.1. The highest BCUT2D eigenvalue weighted by Crippen LogP contribution is 2.32. The van der Waals surface area contributed by atoms with Crippen LogP contribution in [-0.2, 0) is 0 Å². The first kappa shape index (κ1) is 18.2. The molecule has 25 heavy (non-hydrogen) atoms. The van der Waals surface area contributed by atoms with Crippen molar-refractivity contribution in [1.29, 1.82) is 0 Å². The Hall–Kier alpha value is -3.11. The van der Waals surface area contributed by atoms with Crippen LogP contribution in [0.4, 0.5) is 17.1 Å². The molecule has 0 saturated heterocycles. The van der Waals surface area contributed by atoms with Crippen LogP contribution in [0.1, 0.15) is 0 Å². The number of nitrogens with one attached hydrogen (secondary N) is 2. The van der Waals surface area contributed by atoms with E-state index in [1.807, 2.05) is 12.1 Å². The van der Waals surface area contributed by atoms with Crippen molar-refractivity contribution < 1.29 is 15.1 Å². The highest BCUT2D eigenvalue weighted by Gasteiger charge is 2.14. The van der Waals surface area contributed by atoms with E-state index >= 15 is 0 Å². The van der Waals surface area contributed by atoms with Gasteiger partial charge in [0.05, 0.1) is 11.0 Å². The molecule has 3 rings (SSSR count). The number of nitrogens with zero attached hydrogens (tertiary/aromatic N) is 3. The molecule has 130 valence electrons. The van der Waals surface area contributed by atoms with Crippen LogP contribution in [0.3, 0.4) is 0 Å². The predicted molar refractivity (Wildman–Crippen MR) is 93.1 cm³/mol. The predicted octanol–water partition coefficient (Wildman–Crippen LogP) is 2.92. The summed E-state index contributed by atoms with van der Waals surface area (Å²) in [7, 11) is 1.00. The lowest BCUT2D eigenvalue weighted by Gasteiger charge is -2.08. The Kier molecular flexibility index (Phi) is 6.32. The highest BCUT2D eigenvalue weighted by molar-refractivity contribution is 7.99. The molecular formula is C15H15N5O4S. The largest absolute Gasteiger partial charge is 0.508 e. The molecule has 0 bridgehead atoms. The lowest BCUT2D eigenvalue weighted by Crippen LogP contribution is -1.96. The minimum absolute atomic E-state index is 0.152. The molecule has 2 aromatic carbocycles. The van der Waals surface area contributed by atoms with Gasteiger partial charge in [0.15, 0.2) is 5.16 Å². The Morgan fingerprint density at radius 3 is 2.52 bits per heavy atom. The van der Waals surface area contributed by atoms with Gasteiger partial charge in [0.1, 0.15) is 17.8 Å². The van der Waals surface area contributed by atoms with Gasteiger partial charge in [-0.25, -0.2) is 4.98 Å². The van der Waals surface area contributed by atoms with Gasteiger partial charge in [-0.05, 0) is 36.4 Å². The maximum atomic E-state index is 11.0. The first-order valence-electron chi connectivity index (χ1n) is 6.94. The molecule has 0 fully saturated rings. The van der Waals surface area contributed by atoms with Gasteiger partial charge in [-0.2, -0.15) is 5.10 Å². The number of H-pyrrole nitrogens is 1. The molecule has 0 saturated carbocycles. The second kappa shape index (κ2) is 8.66. The van der Waals surface area contributed by atoms with Crippen LogP contribution in [0.2, 0.25) is 0 Å². The van der Waals surface area contributed by atoms with Gasteiger partial charge in [0.2, 0.25) is 0 Å². The van der Waals surface area contributed by atoms with Crippen molar-refractivity contribution in [1.82, 2.24) is 15.2 Å². The summed E-state index contributed by atoms with van der Waals surface area (Å²) in [6, 6.07) is 11.3. The number of aromatic hydroxyl groups is 1. The van der Waals surface area contributed by atoms with Gasteiger partial charge in [0.25, 0.3) is 5.69 Å². The van der Waals surface area contributed by atoms with Crippen LogP contribution in [-0.4, -0.2) is 37.4 Å². The molecule has 0 aliphatic heterocycles. The third-order valence-electron chi connectivity index (χ3n) is 2.92. The van der Waals surface area contributed by atoms with Crippen molar-refractivity contribution in [3.8, 4) is 5.75 Å². The number of aliphatic hydroxyl groups excluding tert-OH is 1. The topological polar surface area (TPSA) is 137 Å². The smallest absolute Gasteiger partial charge is 0.296 e. The van der Waals surface area contributed by atoms with E-state index in [4.69, 9.17) is 5.11 Å². The average Bonchev–Trinajstić information content (AvgIpc) is 3.13. The summed E-state index contributed by atoms with van der Waals surface area (Å²) in [5.41, 5.74) is 0.814. The van der Waals surface area contributed by atoms with E-state index in [0.29, 0.717) is 16.5 Å². The fraction of sp³-hybridized carbons (Fsp3) is 0.0667. The van der Waals surface area contributed by atoms with Crippen LogP contribution >= 0.6 is 11.8 Å². The Bertz CT molecular complexity index is 824. The van der Waals surface area contributed by atoms with Crippen molar-refractivity contribution in [2.45, 2.75) is 10.1 Å². The summed E-state index contributed by atoms with van der Waals surface area (Å²) < 4.78 is 0. The van der Waals surface area contributed by atoms with E-state index in [9.17, 15) is 15.2 Å². The number of benzene rings is 2. The maximum absolute atomic E-state index is 11.0. The zero-order valence-corrected chi connectivity index (χ0v) is 13.9. The third-order valence-corrected chi connectivity index (χ3v) is 3.82. The first-order valence-corrected chi connectivity index (χ1v) is 7.76. The monoisotopic (exact) mass is 361 g/mol. The van der Waals surface area contributed by atoms with E-state index in [1.165, 1.54) is 30.2 Å². The fourth-order valence-corrected chi connectivity index (χ4v) is 2.59. The number of nitro groups is 1. The SMILES string of the molecule is CO.O=[N+]([O-])c1cc(O)ccc1Nc1ccc(Sc2ncn[nH]2)cc1. The van der Waals surface area contributed by atoms with Crippen molar-refractivity contribution in [3.63, 3.8) is 0 Å². The molecule has 0 atom stereocenters. The summed E-state index contributed by atoms with van der Waals surface area (Å²) >= 11 is 1.42. The second-order valence-electron chi connectivity index (χ2n) is 4.50. The summed E-state index contributed by atoms with van der Waals surface area (Å²) in [5, 5.41) is 37.6. The molecule has 1 heterocycles. The quantitative estimate of drug-likeness (QED) is 0.309. The highest BCUT2D eigenvalue weighted by atomic mass is 32.2. The molecule has 0 amide bonds. The number of aliphatic hydroxyl groups is 1. The van der Waals surface area contributed by atoms with Crippen LogP contribution in [0, 0.1) is 10.1 Å². The van der Waals surface area contributed by atoms with Gasteiger partial charge < -0.3 is 15.5 Å². The molecule has 0 aliphatic rings. The molecule has 0 unspecified atom stereocenters. The van der Waals surface area contributed by atoms with E-state index in [-0.39, 0.29) is 11.4 Å². The molecule has 9 nitrogen and oxygen atoms in total. The van der Waals surface area contributed by atoms with Crippen molar-refractivity contribution >= 4 is 28.8 Å². The van der Waals surface area contributed by atoms with Crippen molar-refractivity contribution in [2.24, 2.45) is 0 Å². The number of aromatic amines is 1. The number of hydrogen-bond donors (Lipinski definition) is 4. The zero-order chi connectivity index (χ0) is 18.2. The van der Waals surface area contributed by atoms with Gasteiger partial charge in [0, 0.05) is 17.7 Å². The van der Waals surface area contributed by atoms with Gasteiger partial charge in [-0.15, -0.1) is 0 Å². The molecule has 1 aromatic heterocycles. The van der Waals surface area contributed by atoms with Crippen LogP contribution < -0.4 is 5.32 Å². The van der Waals surface area contributed by atoms with E-state index in [2.05, 4.69) is 20.5 Å². The van der Waals surface area contributed by atoms with Crippen molar-refractivity contribution in [3.05, 3.63) is 58.9 Å². The number of phenolic OH excluding ortho intramolecular Hbond substituents is 1. The number of nitro benzene ring substituents is 1. The summed E-state index contributed by atoms with van der Waals surface area (Å²) in [6.45, 7) is 0. The minimum Gasteiger partial charge on any atom is -0.508 e. The number of rotatable bonds is 5. The standard InChI is InChI=1S/C14H11N5O3S.CH4O/c20-10-3-6-12(13(7-10)19(21)22)17-9-1-4-11(5-2-9)23-14-15-8-16-18-14;1-2/h1-8,17,20H,(H,15,16,18);2H,1H3. The van der Waals surface area contributed by atoms with Gasteiger partial charge in [-0.1, -0.05) is 11.8 Å². The Morgan fingerprint density at radius 1 is 1.20 bits per heavy atom.